The van der Waals surface area contributed by atoms with Gasteiger partial charge in [0.25, 0.3) is 0 Å². The van der Waals surface area contributed by atoms with Crippen molar-refractivity contribution in [3.05, 3.63) is 0 Å². The predicted molar refractivity (Wildman–Crippen MR) is 6.06 cm³/mol. The van der Waals surface area contributed by atoms with Gasteiger partial charge in [-0.2, -0.15) is 0 Å². The van der Waals surface area contributed by atoms with E-state index in [0.717, 1.165) is 0 Å². The third-order valence-electron chi connectivity index (χ3n) is 0. The van der Waals surface area contributed by atoms with Crippen molar-refractivity contribution < 1.29 is 43.5 Å². The Bertz CT molecular complexity index is 17.1. The van der Waals surface area contributed by atoms with Crippen LogP contribution in [0.25, 0.3) is 0 Å². The molecule has 5 heavy (non-hydrogen) atoms. The molecule has 0 aromatic heterocycles. The minimum atomic E-state index is -0.500. The minimum Gasteiger partial charge on any atom is -0.554 e. The zero-order valence-corrected chi connectivity index (χ0v) is 3.94. The fourth-order valence-corrected chi connectivity index (χ4v) is 0. The Morgan fingerprint density at radius 1 is 1.60 bits per heavy atom. The van der Waals surface area contributed by atoms with Gasteiger partial charge in [-0.25, -0.2) is 0 Å². The molecule has 0 saturated heterocycles. The third-order valence-corrected chi connectivity index (χ3v) is 0. The molecule has 0 N–H and O–H groups in total. The van der Waals surface area contributed by atoms with E-state index >= 15 is 0 Å². The van der Waals surface area contributed by atoms with E-state index in [0.29, 0.717) is 0 Å². The van der Waals surface area contributed by atoms with Crippen LogP contribution in [-0.4, -0.2) is 6.47 Å². The first kappa shape index (κ1) is 17.9. The molecule has 0 aliphatic rings. The Hall–Kier alpha value is 0.483. The maximum atomic E-state index is 8.25. The summed E-state index contributed by atoms with van der Waals surface area (Å²) in [6.45, 7) is -0.500. The zero-order chi connectivity index (χ0) is 2.71. The topological polar surface area (TPSA) is 40.1 Å². The van der Waals surface area contributed by atoms with Crippen LogP contribution in [0.1, 0.15) is 0 Å². The summed E-state index contributed by atoms with van der Waals surface area (Å²) in [6.07, 6.45) is 0. The minimum absolute atomic E-state index is 0. The first-order chi connectivity index (χ1) is 1.41. The molecule has 0 fully saturated rings. The number of carboxylic acid groups (broad SMARTS) is 1. The van der Waals surface area contributed by atoms with Gasteiger partial charge in [-0.05, 0) is 0 Å². The molecule has 0 aliphatic carbocycles. The summed E-state index contributed by atoms with van der Waals surface area (Å²) < 4.78 is 0. The monoisotopic (exact) mass is 166 g/mol. The summed E-state index contributed by atoms with van der Waals surface area (Å²) >= 11 is 0. The molecule has 0 aliphatic heterocycles. The van der Waals surface area contributed by atoms with Crippen molar-refractivity contribution in [2.45, 2.75) is 0 Å². The van der Waals surface area contributed by atoms with Gasteiger partial charge >= 0.3 is 33.6 Å². The molecule has 0 unspecified atom stereocenters. The second-order valence-corrected chi connectivity index (χ2v) is 0.0962. The summed E-state index contributed by atoms with van der Waals surface area (Å²) in [5.41, 5.74) is 0. The van der Waals surface area contributed by atoms with Crippen molar-refractivity contribution in [2.75, 3.05) is 0 Å². The van der Waals surface area contributed by atoms with Gasteiger partial charge in [0.1, 0.15) is 0 Å². The third kappa shape index (κ3) is 118. The molecule has 0 aromatic rings. The average molecular weight is 167 g/mol. The Balaban J connectivity index is -0.0000000200. The Labute approximate surface area is 50.3 Å². The van der Waals surface area contributed by atoms with Crippen LogP contribution in [0.4, 0.5) is 0 Å². The largest absolute Gasteiger partial charge is 2.00 e. The summed E-state index contributed by atoms with van der Waals surface area (Å²) in [7, 11) is 0. The molecule has 0 heterocycles. The van der Waals surface area contributed by atoms with Gasteiger partial charge < -0.3 is 9.90 Å². The van der Waals surface area contributed by atoms with Crippen molar-refractivity contribution in [3.63, 3.8) is 0 Å². The molecule has 0 bridgehead atoms. The molecule has 0 aromatic carbocycles. The van der Waals surface area contributed by atoms with E-state index < -0.39 is 6.47 Å². The predicted octanol–water partition coefficient (Wildman–Crippen LogP) is -1.64. The van der Waals surface area contributed by atoms with E-state index in [1.807, 2.05) is 0 Å². The van der Waals surface area contributed by atoms with Crippen LogP contribution in [0, 0.1) is 0 Å². The SMILES string of the molecule is O=C[O-].[Cu+2].[Ni+2]. The van der Waals surface area contributed by atoms with Gasteiger partial charge in [-0.3, -0.25) is 0 Å². The van der Waals surface area contributed by atoms with Gasteiger partial charge in [0, 0.05) is 6.47 Å². The molecule has 0 atom stereocenters. The van der Waals surface area contributed by atoms with E-state index in [1.165, 1.54) is 0 Å². The summed E-state index contributed by atoms with van der Waals surface area (Å²) in [5.74, 6) is 0. The van der Waals surface area contributed by atoms with Crippen LogP contribution in [0.2, 0.25) is 0 Å². The molecule has 0 saturated carbocycles. The molecule has 0 amide bonds. The molecule has 0 rings (SSSR count). The van der Waals surface area contributed by atoms with E-state index in [4.69, 9.17) is 9.90 Å². The van der Waals surface area contributed by atoms with E-state index in [2.05, 4.69) is 0 Å². The molecular formula is CHCuNiO2+3. The summed E-state index contributed by atoms with van der Waals surface area (Å²) in [5, 5.41) is 8.25. The second-order valence-electron chi connectivity index (χ2n) is 0.0962. The molecule has 2 nitrogen and oxygen atoms in total. The maximum absolute atomic E-state index is 8.25. The first-order valence-electron chi connectivity index (χ1n) is 0.471. The smallest absolute Gasteiger partial charge is 0.554 e. The van der Waals surface area contributed by atoms with Gasteiger partial charge in [-0.15, -0.1) is 0 Å². The Kier molecular flexibility index (Phi) is 88.4. The number of hydrogen-bond donors (Lipinski definition) is 0. The number of hydrogen-bond acceptors (Lipinski definition) is 2. The average Bonchev–Trinajstić information content (AvgIpc) is 0.918. The quantitative estimate of drug-likeness (QED) is 0.321. The van der Waals surface area contributed by atoms with Crippen LogP contribution >= 0.6 is 0 Å². The number of carbonyl (C=O) groups excluding carboxylic acids is 1. The zero-order valence-electron chi connectivity index (χ0n) is 2.01. The van der Waals surface area contributed by atoms with Crippen molar-refractivity contribution in [3.8, 4) is 0 Å². The summed E-state index contributed by atoms with van der Waals surface area (Å²) in [4.78, 5) is 8.25. The van der Waals surface area contributed by atoms with Crippen LogP contribution in [0.5, 0.6) is 0 Å². The van der Waals surface area contributed by atoms with Crippen LogP contribution in [-0.2, 0) is 38.4 Å². The molecule has 35 valence electrons. The number of carbonyl (C=O) groups is 1. The van der Waals surface area contributed by atoms with Crippen molar-refractivity contribution >= 4 is 6.47 Å². The van der Waals surface area contributed by atoms with Crippen molar-refractivity contribution in [1.82, 2.24) is 0 Å². The fraction of sp³-hybridized carbons (Fsp3) is 0. The van der Waals surface area contributed by atoms with E-state index in [1.54, 1.807) is 0 Å². The van der Waals surface area contributed by atoms with Crippen molar-refractivity contribution in [1.29, 1.82) is 0 Å². The normalized spacial score (nSPS) is 2.40. The van der Waals surface area contributed by atoms with Crippen molar-refractivity contribution in [2.24, 2.45) is 0 Å². The molecule has 0 spiro atoms. The molecular weight excluding hydrogens is 166 g/mol. The summed E-state index contributed by atoms with van der Waals surface area (Å²) in [6, 6.07) is 0. The first-order valence-corrected chi connectivity index (χ1v) is 0.471. The van der Waals surface area contributed by atoms with Gasteiger partial charge in [-0.1, -0.05) is 0 Å². The van der Waals surface area contributed by atoms with E-state index in [-0.39, 0.29) is 33.6 Å². The van der Waals surface area contributed by atoms with Crippen LogP contribution in [0.15, 0.2) is 0 Å². The number of rotatable bonds is 0. The Morgan fingerprint density at radius 3 is 1.60 bits per heavy atom. The van der Waals surface area contributed by atoms with Gasteiger partial charge in [0.05, 0.1) is 0 Å². The standard InChI is InChI=1S/CH2O2.Cu.Ni/c2-1-3;;/h1H,(H,2,3);;/q;2*+2/p-1. The second kappa shape index (κ2) is 24.7. The maximum Gasteiger partial charge on any atom is 2.00 e. The van der Waals surface area contributed by atoms with Crippen LogP contribution in [0.3, 0.4) is 0 Å². The molecule has 1 radical (unpaired) electrons. The van der Waals surface area contributed by atoms with Gasteiger partial charge in [0.15, 0.2) is 0 Å². The fourth-order valence-electron chi connectivity index (χ4n) is 0. The van der Waals surface area contributed by atoms with Crippen LogP contribution < -0.4 is 5.11 Å². The molecule has 4 heteroatoms. The Morgan fingerprint density at radius 2 is 1.60 bits per heavy atom. The van der Waals surface area contributed by atoms with E-state index in [9.17, 15) is 0 Å². The van der Waals surface area contributed by atoms with Gasteiger partial charge in [0.2, 0.25) is 0 Å².